The predicted octanol–water partition coefficient (Wildman–Crippen LogP) is 3.28. The lowest BCUT2D eigenvalue weighted by Crippen LogP contribution is -2.50. The van der Waals surface area contributed by atoms with E-state index < -0.39 is 0 Å². The van der Waals surface area contributed by atoms with E-state index in [0.717, 1.165) is 17.0 Å². The van der Waals surface area contributed by atoms with Crippen LogP contribution in [0.4, 0.5) is 0 Å². The van der Waals surface area contributed by atoms with Crippen molar-refractivity contribution in [3.8, 4) is 0 Å². The number of rotatable bonds is 3. The summed E-state index contributed by atoms with van der Waals surface area (Å²) >= 11 is 0. The lowest BCUT2D eigenvalue weighted by molar-refractivity contribution is 0.0535. The van der Waals surface area contributed by atoms with E-state index in [1.807, 2.05) is 60.0 Å². The molecule has 1 fully saturated rings. The molecule has 2 heterocycles. The van der Waals surface area contributed by atoms with E-state index in [2.05, 4.69) is 18.4 Å². The summed E-state index contributed by atoms with van der Waals surface area (Å²) in [6.07, 6.45) is 0. The minimum Gasteiger partial charge on any atom is -0.346 e. The number of carbonyl (C=O) groups excluding carboxylic acids is 2. The molecule has 3 rings (SSSR count). The molecule has 2 amide bonds. The molecule has 2 aromatic rings. The van der Waals surface area contributed by atoms with Crippen LogP contribution >= 0.6 is 0 Å². The van der Waals surface area contributed by atoms with E-state index in [0.29, 0.717) is 37.8 Å². The number of benzene rings is 1. The largest absolute Gasteiger partial charge is 0.346 e. The van der Waals surface area contributed by atoms with Crippen LogP contribution in [0.2, 0.25) is 0 Å². The molecule has 26 heavy (non-hydrogen) atoms. The Bertz CT molecular complexity index is 800. The number of piperazine rings is 1. The summed E-state index contributed by atoms with van der Waals surface area (Å²) in [7, 11) is 0. The zero-order chi connectivity index (χ0) is 18.8. The van der Waals surface area contributed by atoms with Crippen LogP contribution in [0, 0.1) is 13.8 Å². The summed E-state index contributed by atoms with van der Waals surface area (Å²) in [6.45, 7) is 10.6. The molecule has 0 bridgehead atoms. The first-order chi connectivity index (χ1) is 12.4. The fourth-order valence-electron chi connectivity index (χ4n) is 3.83. The van der Waals surface area contributed by atoms with Crippen LogP contribution in [0.25, 0.3) is 0 Å². The molecule has 1 aliphatic heterocycles. The number of aryl methyl sites for hydroxylation is 1. The number of nitrogens with zero attached hydrogens (tertiary/aromatic N) is 3. The lowest BCUT2D eigenvalue weighted by Gasteiger charge is -2.35. The first-order valence-electron chi connectivity index (χ1n) is 9.22. The van der Waals surface area contributed by atoms with Gasteiger partial charge in [-0.2, -0.15) is 0 Å². The van der Waals surface area contributed by atoms with Crippen LogP contribution < -0.4 is 0 Å². The molecule has 0 atom stereocenters. The van der Waals surface area contributed by atoms with Gasteiger partial charge in [0.1, 0.15) is 0 Å². The SMILES string of the molecule is Cc1cc(C(=O)N2CCN(C(=O)c3ccccc3)CC2)c(C)n1C(C)C. The van der Waals surface area contributed by atoms with E-state index in [1.165, 1.54) is 0 Å². The van der Waals surface area contributed by atoms with E-state index in [9.17, 15) is 9.59 Å². The molecule has 0 saturated carbocycles. The van der Waals surface area contributed by atoms with Gasteiger partial charge in [0.25, 0.3) is 11.8 Å². The molecular weight excluding hydrogens is 326 g/mol. The van der Waals surface area contributed by atoms with Gasteiger partial charge in [0, 0.05) is 49.2 Å². The van der Waals surface area contributed by atoms with Crippen molar-refractivity contribution < 1.29 is 9.59 Å². The molecule has 0 unspecified atom stereocenters. The lowest BCUT2D eigenvalue weighted by atomic mass is 10.1. The molecular formula is C21H27N3O2. The van der Waals surface area contributed by atoms with Gasteiger partial charge in [0.2, 0.25) is 0 Å². The molecule has 0 aliphatic carbocycles. The van der Waals surface area contributed by atoms with Gasteiger partial charge < -0.3 is 14.4 Å². The molecule has 0 radical (unpaired) electrons. The summed E-state index contributed by atoms with van der Waals surface area (Å²) in [4.78, 5) is 29.2. The van der Waals surface area contributed by atoms with E-state index >= 15 is 0 Å². The zero-order valence-electron chi connectivity index (χ0n) is 16.0. The summed E-state index contributed by atoms with van der Waals surface area (Å²) in [5.41, 5.74) is 3.61. The van der Waals surface area contributed by atoms with Crippen molar-refractivity contribution in [3.05, 3.63) is 58.9 Å². The average Bonchev–Trinajstić information content (AvgIpc) is 2.95. The van der Waals surface area contributed by atoms with Crippen LogP contribution in [-0.2, 0) is 0 Å². The van der Waals surface area contributed by atoms with Crippen LogP contribution in [0.5, 0.6) is 0 Å². The van der Waals surface area contributed by atoms with Crippen molar-refractivity contribution in [2.45, 2.75) is 33.7 Å². The van der Waals surface area contributed by atoms with E-state index in [1.54, 1.807) is 0 Å². The molecule has 0 spiro atoms. The number of carbonyl (C=O) groups is 2. The Hall–Kier alpha value is -2.56. The maximum atomic E-state index is 13.0. The van der Waals surface area contributed by atoms with Gasteiger partial charge in [-0.1, -0.05) is 18.2 Å². The summed E-state index contributed by atoms with van der Waals surface area (Å²) in [5, 5.41) is 0. The number of aromatic nitrogens is 1. The quantitative estimate of drug-likeness (QED) is 0.850. The molecule has 5 heteroatoms. The third kappa shape index (κ3) is 3.39. The van der Waals surface area contributed by atoms with E-state index in [4.69, 9.17) is 0 Å². The second kappa shape index (κ2) is 7.36. The van der Waals surface area contributed by atoms with Crippen LogP contribution in [-0.4, -0.2) is 52.4 Å². The first kappa shape index (κ1) is 18.2. The summed E-state index contributed by atoms with van der Waals surface area (Å²) in [6, 6.07) is 11.6. The van der Waals surface area contributed by atoms with Crippen molar-refractivity contribution in [2.75, 3.05) is 26.2 Å². The van der Waals surface area contributed by atoms with Gasteiger partial charge in [-0.25, -0.2) is 0 Å². The highest BCUT2D eigenvalue weighted by molar-refractivity contribution is 5.97. The molecule has 1 saturated heterocycles. The number of amides is 2. The van der Waals surface area contributed by atoms with Gasteiger partial charge in [-0.3, -0.25) is 9.59 Å². The Morgan fingerprint density at radius 2 is 1.42 bits per heavy atom. The highest BCUT2D eigenvalue weighted by Crippen LogP contribution is 2.22. The second-order valence-electron chi connectivity index (χ2n) is 7.20. The normalized spacial score (nSPS) is 14.8. The monoisotopic (exact) mass is 353 g/mol. The standard InChI is InChI=1S/C21H27N3O2/c1-15(2)24-16(3)14-19(17(24)4)21(26)23-12-10-22(11-13-23)20(25)18-8-6-5-7-9-18/h5-9,14-15H,10-13H2,1-4H3. The fraction of sp³-hybridized carbons (Fsp3) is 0.429. The molecule has 5 nitrogen and oxygen atoms in total. The Morgan fingerprint density at radius 3 is 1.92 bits per heavy atom. The van der Waals surface area contributed by atoms with Gasteiger partial charge in [-0.05, 0) is 45.9 Å². The highest BCUT2D eigenvalue weighted by atomic mass is 16.2. The Kier molecular flexibility index (Phi) is 5.16. The highest BCUT2D eigenvalue weighted by Gasteiger charge is 2.27. The predicted molar refractivity (Wildman–Crippen MR) is 103 cm³/mol. The number of hydrogen-bond donors (Lipinski definition) is 0. The molecule has 138 valence electrons. The maximum absolute atomic E-state index is 13.0. The Labute approximate surface area is 155 Å². The fourth-order valence-corrected chi connectivity index (χ4v) is 3.83. The average molecular weight is 353 g/mol. The summed E-state index contributed by atoms with van der Waals surface area (Å²) in [5.74, 6) is 0.104. The molecule has 1 aromatic carbocycles. The minimum absolute atomic E-state index is 0.0377. The Morgan fingerprint density at radius 1 is 0.885 bits per heavy atom. The van der Waals surface area contributed by atoms with Crippen molar-refractivity contribution >= 4 is 11.8 Å². The van der Waals surface area contributed by atoms with Crippen LogP contribution in [0.1, 0.15) is 52.0 Å². The molecule has 1 aliphatic rings. The van der Waals surface area contributed by atoms with Crippen molar-refractivity contribution in [1.29, 1.82) is 0 Å². The van der Waals surface area contributed by atoms with Gasteiger partial charge in [0.15, 0.2) is 0 Å². The first-order valence-corrected chi connectivity index (χ1v) is 9.22. The zero-order valence-corrected chi connectivity index (χ0v) is 16.0. The smallest absolute Gasteiger partial charge is 0.255 e. The van der Waals surface area contributed by atoms with Crippen LogP contribution in [0.15, 0.2) is 36.4 Å². The van der Waals surface area contributed by atoms with Gasteiger partial charge in [-0.15, -0.1) is 0 Å². The van der Waals surface area contributed by atoms with E-state index in [-0.39, 0.29) is 11.8 Å². The topological polar surface area (TPSA) is 45.6 Å². The summed E-state index contributed by atoms with van der Waals surface area (Å²) < 4.78 is 2.20. The third-order valence-electron chi connectivity index (χ3n) is 5.11. The molecule has 0 N–H and O–H groups in total. The maximum Gasteiger partial charge on any atom is 0.255 e. The van der Waals surface area contributed by atoms with Gasteiger partial charge >= 0.3 is 0 Å². The second-order valence-corrected chi connectivity index (χ2v) is 7.20. The van der Waals surface area contributed by atoms with Crippen molar-refractivity contribution in [1.82, 2.24) is 14.4 Å². The minimum atomic E-state index is 0.0377. The van der Waals surface area contributed by atoms with Gasteiger partial charge in [0.05, 0.1) is 5.56 Å². The Balaban J connectivity index is 1.68. The number of hydrogen-bond acceptors (Lipinski definition) is 2. The molecule has 1 aromatic heterocycles. The van der Waals surface area contributed by atoms with Crippen molar-refractivity contribution in [3.63, 3.8) is 0 Å². The third-order valence-corrected chi connectivity index (χ3v) is 5.11. The van der Waals surface area contributed by atoms with Crippen LogP contribution in [0.3, 0.4) is 0 Å². The van der Waals surface area contributed by atoms with Crippen molar-refractivity contribution in [2.24, 2.45) is 0 Å².